The number of carbonyl (C=O) groups excluding carboxylic acids is 1. The summed E-state index contributed by atoms with van der Waals surface area (Å²) in [5.74, 6) is -0.353. The van der Waals surface area contributed by atoms with Crippen LogP contribution < -0.4 is 10.1 Å². The molecule has 2 aromatic rings. The van der Waals surface area contributed by atoms with E-state index >= 15 is 0 Å². The van der Waals surface area contributed by atoms with Crippen molar-refractivity contribution < 1.29 is 13.9 Å². The van der Waals surface area contributed by atoms with Crippen LogP contribution in [-0.4, -0.2) is 19.1 Å². The Morgan fingerprint density at radius 2 is 1.74 bits per heavy atom. The number of amides is 1. The molecule has 0 aromatic heterocycles. The topological polar surface area (TPSA) is 38.3 Å². The van der Waals surface area contributed by atoms with Crippen molar-refractivity contribution >= 4 is 5.91 Å². The Hall–Kier alpha value is -2.36. The zero-order chi connectivity index (χ0) is 16.7. The van der Waals surface area contributed by atoms with Gasteiger partial charge in [0.25, 0.3) is 0 Å². The van der Waals surface area contributed by atoms with Gasteiger partial charge in [0.15, 0.2) is 11.6 Å². The van der Waals surface area contributed by atoms with Crippen molar-refractivity contribution in [3.8, 4) is 5.75 Å². The molecule has 0 saturated carbocycles. The van der Waals surface area contributed by atoms with E-state index in [0.29, 0.717) is 6.54 Å². The average Bonchev–Trinajstić information content (AvgIpc) is 2.56. The Morgan fingerprint density at radius 3 is 2.43 bits per heavy atom. The number of ether oxygens (including phenoxy) is 1. The van der Waals surface area contributed by atoms with Crippen LogP contribution in [0, 0.1) is 5.82 Å². The summed E-state index contributed by atoms with van der Waals surface area (Å²) in [5.41, 5.74) is 1.02. The van der Waals surface area contributed by atoms with E-state index in [9.17, 15) is 9.18 Å². The lowest BCUT2D eigenvalue weighted by Crippen LogP contribution is -2.37. The molecule has 2 aromatic carbocycles. The van der Waals surface area contributed by atoms with Crippen LogP contribution in [0.4, 0.5) is 4.39 Å². The molecule has 0 aliphatic heterocycles. The molecule has 0 radical (unpaired) electrons. The van der Waals surface area contributed by atoms with Crippen LogP contribution in [0.1, 0.15) is 25.8 Å². The minimum absolute atomic E-state index is 0.106. The molecule has 0 fully saturated rings. The Bertz CT molecular complexity index is 641. The van der Waals surface area contributed by atoms with Crippen molar-refractivity contribution in [2.24, 2.45) is 0 Å². The molecule has 0 atom stereocenters. The highest BCUT2D eigenvalue weighted by Crippen LogP contribution is 2.21. The van der Waals surface area contributed by atoms with E-state index in [1.165, 1.54) is 11.6 Å². The smallest absolute Gasteiger partial charge is 0.223 e. The molecule has 1 amide bonds. The number of hydrogen-bond acceptors (Lipinski definition) is 2. The second kappa shape index (κ2) is 7.77. The Balaban J connectivity index is 1.76. The fourth-order valence-electron chi connectivity index (χ4n) is 2.21. The number of nitrogens with one attached hydrogen (secondary N) is 1. The molecule has 0 saturated heterocycles. The van der Waals surface area contributed by atoms with Crippen molar-refractivity contribution in [2.75, 3.05) is 13.2 Å². The van der Waals surface area contributed by atoms with Crippen LogP contribution in [-0.2, 0) is 10.2 Å². The quantitative estimate of drug-likeness (QED) is 0.846. The molecule has 0 heterocycles. The molecule has 0 bridgehead atoms. The summed E-state index contributed by atoms with van der Waals surface area (Å²) in [6.45, 7) is 4.85. The van der Waals surface area contributed by atoms with Gasteiger partial charge in [0.1, 0.15) is 0 Å². The van der Waals surface area contributed by atoms with Gasteiger partial charge in [-0.1, -0.05) is 56.3 Å². The summed E-state index contributed by atoms with van der Waals surface area (Å²) in [5, 5.41) is 2.91. The van der Waals surface area contributed by atoms with E-state index in [1.54, 1.807) is 18.2 Å². The molecule has 4 heteroatoms. The van der Waals surface area contributed by atoms with Gasteiger partial charge in [-0.15, -0.1) is 0 Å². The van der Waals surface area contributed by atoms with Gasteiger partial charge in [-0.2, -0.15) is 0 Å². The summed E-state index contributed by atoms with van der Waals surface area (Å²) in [4.78, 5) is 11.9. The fourth-order valence-corrected chi connectivity index (χ4v) is 2.21. The standard InChI is InChI=1S/C19H22FNO2/c1-19(2,15-8-4-3-5-9-15)14-21-18(22)12-13-23-17-11-7-6-10-16(17)20/h3-11H,12-14H2,1-2H3,(H,21,22). The molecule has 0 spiro atoms. The van der Waals surface area contributed by atoms with E-state index in [1.807, 2.05) is 30.3 Å². The predicted octanol–water partition coefficient (Wildman–Crippen LogP) is 3.69. The molecule has 122 valence electrons. The predicted molar refractivity (Wildman–Crippen MR) is 89.0 cm³/mol. The highest BCUT2D eigenvalue weighted by Gasteiger charge is 2.20. The largest absolute Gasteiger partial charge is 0.490 e. The maximum absolute atomic E-state index is 13.4. The SMILES string of the molecule is CC(C)(CNC(=O)CCOc1ccccc1F)c1ccccc1. The van der Waals surface area contributed by atoms with Crippen molar-refractivity contribution in [1.82, 2.24) is 5.32 Å². The highest BCUT2D eigenvalue weighted by molar-refractivity contribution is 5.76. The number of carbonyl (C=O) groups is 1. The first kappa shape index (κ1) is 17.0. The molecular weight excluding hydrogens is 293 g/mol. The molecule has 0 aliphatic carbocycles. The molecule has 0 aliphatic rings. The number of hydrogen-bond donors (Lipinski definition) is 1. The van der Waals surface area contributed by atoms with E-state index in [-0.39, 0.29) is 30.1 Å². The first-order valence-corrected chi connectivity index (χ1v) is 7.68. The molecule has 0 unspecified atom stereocenters. The first-order valence-electron chi connectivity index (χ1n) is 7.68. The summed E-state index contributed by atoms with van der Waals surface area (Å²) in [6, 6.07) is 16.2. The fraction of sp³-hybridized carbons (Fsp3) is 0.316. The third-order valence-corrected chi connectivity index (χ3v) is 3.71. The zero-order valence-electron chi connectivity index (χ0n) is 13.5. The normalized spacial score (nSPS) is 11.1. The zero-order valence-corrected chi connectivity index (χ0v) is 13.5. The summed E-state index contributed by atoms with van der Waals surface area (Å²) in [6.07, 6.45) is 0.194. The van der Waals surface area contributed by atoms with Gasteiger partial charge in [-0.3, -0.25) is 4.79 Å². The molecule has 1 N–H and O–H groups in total. The number of halogens is 1. The molecule has 2 rings (SSSR count). The lowest BCUT2D eigenvalue weighted by Gasteiger charge is -2.25. The van der Waals surface area contributed by atoms with E-state index < -0.39 is 5.82 Å². The average molecular weight is 315 g/mol. The van der Waals surface area contributed by atoms with Crippen LogP contribution in [0.2, 0.25) is 0 Å². The lowest BCUT2D eigenvalue weighted by atomic mass is 9.84. The minimum Gasteiger partial charge on any atom is -0.490 e. The third-order valence-electron chi connectivity index (χ3n) is 3.71. The Morgan fingerprint density at radius 1 is 1.09 bits per heavy atom. The van der Waals surface area contributed by atoms with Gasteiger partial charge in [-0.25, -0.2) is 4.39 Å². The Labute approximate surface area is 136 Å². The lowest BCUT2D eigenvalue weighted by molar-refractivity contribution is -0.121. The van der Waals surface area contributed by atoms with Gasteiger partial charge in [-0.05, 0) is 17.7 Å². The van der Waals surface area contributed by atoms with Crippen LogP contribution in [0.5, 0.6) is 5.75 Å². The maximum Gasteiger partial charge on any atom is 0.223 e. The number of benzene rings is 2. The number of rotatable bonds is 7. The van der Waals surface area contributed by atoms with Crippen LogP contribution >= 0.6 is 0 Å². The van der Waals surface area contributed by atoms with Crippen LogP contribution in [0.25, 0.3) is 0 Å². The van der Waals surface area contributed by atoms with Crippen molar-refractivity contribution in [1.29, 1.82) is 0 Å². The van der Waals surface area contributed by atoms with Crippen molar-refractivity contribution in [3.05, 3.63) is 66.0 Å². The van der Waals surface area contributed by atoms with E-state index in [2.05, 4.69) is 19.2 Å². The van der Waals surface area contributed by atoms with Crippen LogP contribution in [0.3, 0.4) is 0 Å². The van der Waals surface area contributed by atoms with Crippen LogP contribution in [0.15, 0.2) is 54.6 Å². The summed E-state index contributed by atoms with van der Waals surface area (Å²) >= 11 is 0. The second-order valence-corrected chi connectivity index (χ2v) is 6.06. The monoisotopic (exact) mass is 315 g/mol. The first-order chi connectivity index (χ1) is 11.0. The van der Waals surface area contributed by atoms with Gasteiger partial charge < -0.3 is 10.1 Å². The Kier molecular flexibility index (Phi) is 5.74. The second-order valence-electron chi connectivity index (χ2n) is 6.06. The van der Waals surface area contributed by atoms with E-state index in [4.69, 9.17) is 4.74 Å². The van der Waals surface area contributed by atoms with E-state index in [0.717, 1.165) is 0 Å². The van der Waals surface area contributed by atoms with Gasteiger partial charge in [0.2, 0.25) is 5.91 Å². The highest BCUT2D eigenvalue weighted by atomic mass is 19.1. The van der Waals surface area contributed by atoms with Gasteiger partial charge in [0, 0.05) is 12.0 Å². The third kappa shape index (κ3) is 5.09. The number of para-hydroxylation sites is 1. The summed E-state index contributed by atoms with van der Waals surface area (Å²) in [7, 11) is 0. The molecule has 3 nitrogen and oxygen atoms in total. The molecular formula is C19H22FNO2. The minimum atomic E-state index is -0.418. The van der Waals surface area contributed by atoms with Crippen molar-refractivity contribution in [3.63, 3.8) is 0 Å². The maximum atomic E-state index is 13.4. The summed E-state index contributed by atoms with van der Waals surface area (Å²) < 4.78 is 18.7. The van der Waals surface area contributed by atoms with Crippen molar-refractivity contribution in [2.45, 2.75) is 25.7 Å². The van der Waals surface area contributed by atoms with Gasteiger partial charge >= 0.3 is 0 Å². The molecule has 23 heavy (non-hydrogen) atoms. The van der Waals surface area contributed by atoms with Gasteiger partial charge in [0.05, 0.1) is 13.0 Å².